The van der Waals surface area contributed by atoms with Gasteiger partial charge in [-0.25, -0.2) is 0 Å². The van der Waals surface area contributed by atoms with Crippen LogP contribution < -0.4 is 10.5 Å². The lowest BCUT2D eigenvalue weighted by Gasteiger charge is -2.35. The van der Waals surface area contributed by atoms with E-state index in [1.165, 1.54) is 5.19 Å². The van der Waals surface area contributed by atoms with Crippen LogP contribution in [-0.2, 0) is 11.2 Å². The zero-order chi connectivity index (χ0) is 14.8. The van der Waals surface area contributed by atoms with Gasteiger partial charge in [-0.15, -0.1) is 0 Å². The van der Waals surface area contributed by atoms with Crippen LogP contribution in [0.1, 0.15) is 24.8 Å². The van der Waals surface area contributed by atoms with E-state index >= 15 is 0 Å². The van der Waals surface area contributed by atoms with E-state index in [4.69, 9.17) is 5.26 Å². The molecule has 2 rings (SSSR count). The molecule has 0 aliphatic heterocycles. The van der Waals surface area contributed by atoms with Gasteiger partial charge in [0.05, 0.1) is 20.6 Å². The third-order valence-electron chi connectivity index (χ3n) is 3.98. The summed E-state index contributed by atoms with van der Waals surface area (Å²) in [5, 5.41) is 13.4. The maximum absolute atomic E-state index is 12.0. The summed E-state index contributed by atoms with van der Waals surface area (Å²) in [6.07, 6.45) is 2.95. The fourth-order valence-electron chi connectivity index (χ4n) is 2.41. The molecule has 0 heterocycles. The molecular formula is C16H22N2OSi. The highest BCUT2D eigenvalue weighted by molar-refractivity contribution is 6.88. The zero-order valence-electron chi connectivity index (χ0n) is 12.5. The van der Waals surface area contributed by atoms with E-state index in [-0.39, 0.29) is 5.91 Å². The first-order valence-electron chi connectivity index (χ1n) is 7.16. The number of carbonyl (C=O) groups is 1. The van der Waals surface area contributed by atoms with Crippen LogP contribution in [0.4, 0.5) is 0 Å². The molecule has 0 unspecified atom stereocenters. The fraction of sp³-hybridized carbons (Fsp3) is 0.500. The van der Waals surface area contributed by atoms with Crippen molar-refractivity contribution in [2.45, 2.75) is 50.9 Å². The Morgan fingerprint density at radius 3 is 2.30 bits per heavy atom. The van der Waals surface area contributed by atoms with E-state index in [9.17, 15) is 4.79 Å². The van der Waals surface area contributed by atoms with Gasteiger partial charge >= 0.3 is 0 Å². The summed E-state index contributed by atoms with van der Waals surface area (Å²) in [5.74, 6) is -0.0491. The highest BCUT2D eigenvalue weighted by atomic mass is 28.3. The number of amides is 1. The quantitative estimate of drug-likeness (QED) is 0.864. The lowest BCUT2D eigenvalue weighted by molar-refractivity contribution is -0.122. The molecule has 0 saturated heterocycles. The molecule has 1 aliphatic rings. The molecule has 0 radical (unpaired) electrons. The number of nitrogens with one attached hydrogen (secondary N) is 1. The minimum absolute atomic E-state index is 0.0491. The number of hydrogen-bond acceptors (Lipinski definition) is 2. The summed E-state index contributed by atoms with van der Waals surface area (Å²) in [6, 6.07) is 10.6. The molecule has 0 atom stereocenters. The third kappa shape index (κ3) is 3.29. The molecule has 0 aromatic heterocycles. The lowest BCUT2D eigenvalue weighted by atomic mass is 9.78. The second-order valence-corrected chi connectivity index (χ2v) is 11.8. The van der Waals surface area contributed by atoms with Crippen LogP contribution in [0.2, 0.25) is 19.6 Å². The first kappa shape index (κ1) is 14.8. The smallest absolute Gasteiger partial charge is 0.225 e. The molecule has 106 valence electrons. The van der Waals surface area contributed by atoms with Gasteiger partial charge in [-0.05, 0) is 24.8 Å². The molecule has 1 N–H and O–H groups in total. The molecule has 1 aromatic carbocycles. The van der Waals surface area contributed by atoms with Crippen LogP contribution in [0, 0.1) is 11.3 Å². The van der Waals surface area contributed by atoms with Gasteiger partial charge in [-0.1, -0.05) is 49.1 Å². The van der Waals surface area contributed by atoms with Crippen molar-refractivity contribution in [2.24, 2.45) is 0 Å². The molecular weight excluding hydrogens is 264 g/mol. The van der Waals surface area contributed by atoms with Crippen LogP contribution >= 0.6 is 0 Å². The van der Waals surface area contributed by atoms with Crippen molar-refractivity contribution in [3.63, 3.8) is 0 Å². The summed E-state index contributed by atoms with van der Waals surface area (Å²) in [4.78, 5) is 12.0. The van der Waals surface area contributed by atoms with Crippen molar-refractivity contribution in [1.29, 1.82) is 5.26 Å². The number of carbonyl (C=O) groups excluding carboxylic acids is 1. The Hall–Kier alpha value is -1.60. The van der Waals surface area contributed by atoms with Crippen LogP contribution in [-0.4, -0.2) is 19.5 Å². The Bertz CT molecular complexity index is 533. The fourth-order valence-corrected chi connectivity index (χ4v) is 3.58. The van der Waals surface area contributed by atoms with Crippen molar-refractivity contribution in [3.05, 3.63) is 29.8 Å². The summed E-state index contributed by atoms with van der Waals surface area (Å²) in [5.41, 5.74) is 0.423. The molecule has 1 saturated carbocycles. The van der Waals surface area contributed by atoms with Crippen molar-refractivity contribution < 1.29 is 4.79 Å². The largest absolute Gasteiger partial charge is 0.338 e. The van der Waals surface area contributed by atoms with Crippen LogP contribution in [0.5, 0.6) is 0 Å². The molecule has 1 amide bonds. The first-order chi connectivity index (χ1) is 9.35. The predicted octanol–water partition coefficient (Wildman–Crippen LogP) is 2.34. The molecule has 20 heavy (non-hydrogen) atoms. The molecule has 4 heteroatoms. The molecule has 1 aliphatic carbocycles. The number of benzene rings is 1. The molecule has 1 fully saturated rings. The van der Waals surface area contributed by atoms with Crippen molar-refractivity contribution in [2.75, 3.05) is 0 Å². The topological polar surface area (TPSA) is 52.9 Å². The number of rotatable bonds is 4. The van der Waals surface area contributed by atoms with E-state index in [1.54, 1.807) is 0 Å². The van der Waals surface area contributed by atoms with Crippen LogP contribution in [0.25, 0.3) is 0 Å². The standard InChI is InChI=1S/C16H22N2OSi/c1-20(2,3)14-7-5-13(6-8-14)11-15(19)18-16(12-17)9-4-10-16/h5-8H,4,9-11H2,1-3H3,(H,18,19). The number of nitriles is 1. The summed E-state index contributed by atoms with van der Waals surface area (Å²) in [7, 11) is -1.28. The van der Waals surface area contributed by atoms with Crippen LogP contribution in [0.3, 0.4) is 0 Å². The van der Waals surface area contributed by atoms with Gasteiger partial charge in [-0.2, -0.15) is 5.26 Å². The van der Waals surface area contributed by atoms with Crippen LogP contribution in [0.15, 0.2) is 24.3 Å². The Labute approximate surface area is 122 Å². The molecule has 3 nitrogen and oxygen atoms in total. The van der Waals surface area contributed by atoms with Crippen molar-refractivity contribution >= 4 is 19.2 Å². The van der Waals surface area contributed by atoms with Gasteiger partial charge in [0.1, 0.15) is 5.54 Å². The van der Waals surface area contributed by atoms with Gasteiger partial charge < -0.3 is 5.32 Å². The van der Waals surface area contributed by atoms with E-state index in [1.807, 2.05) is 12.1 Å². The monoisotopic (exact) mass is 286 g/mol. The minimum Gasteiger partial charge on any atom is -0.338 e. The second-order valence-electron chi connectivity index (χ2n) is 6.72. The van der Waals surface area contributed by atoms with Gasteiger partial charge in [0, 0.05) is 0 Å². The number of nitrogens with zero attached hydrogens (tertiary/aromatic N) is 1. The SMILES string of the molecule is C[Si](C)(C)c1ccc(CC(=O)NC2(C#N)CCC2)cc1. The average Bonchev–Trinajstić information content (AvgIpc) is 2.33. The Kier molecular flexibility index (Phi) is 4.00. The maximum atomic E-state index is 12.0. The highest BCUT2D eigenvalue weighted by Crippen LogP contribution is 2.30. The average molecular weight is 286 g/mol. The minimum atomic E-state index is -1.28. The normalized spacial score (nSPS) is 16.9. The van der Waals surface area contributed by atoms with E-state index < -0.39 is 13.6 Å². The summed E-state index contributed by atoms with van der Waals surface area (Å²) < 4.78 is 0. The van der Waals surface area contributed by atoms with Crippen molar-refractivity contribution in [3.8, 4) is 6.07 Å². The summed E-state index contributed by atoms with van der Waals surface area (Å²) >= 11 is 0. The Morgan fingerprint density at radius 1 is 1.30 bits per heavy atom. The molecule has 0 spiro atoms. The highest BCUT2D eigenvalue weighted by Gasteiger charge is 2.38. The Balaban J connectivity index is 1.97. The van der Waals surface area contributed by atoms with E-state index in [0.29, 0.717) is 6.42 Å². The molecule has 1 aromatic rings. The first-order valence-corrected chi connectivity index (χ1v) is 10.7. The van der Waals surface area contributed by atoms with Gasteiger partial charge in [0.15, 0.2) is 0 Å². The summed E-state index contributed by atoms with van der Waals surface area (Å²) in [6.45, 7) is 6.92. The lowest BCUT2D eigenvalue weighted by Crippen LogP contribution is -2.52. The zero-order valence-corrected chi connectivity index (χ0v) is 13.5. The predicted molar refractivity (Wildman–Crippen MR) is 83.5 cm³/mol. The molecule has 0 bridgehead atoms. The van der Waals surface area contributed by atoms with E-state index in [2.05, 4.69) is 43.2 Å². The van der Waals surface area contributed by atoms with Gasteiger partial charge in [0.2, 0.25) is 5.91 Å². The van der Waals surface area contributed by atoms with Crippen molar-refractivity contribution in [1.82, 2.24) is 5.32 Å². The third-order valence-corrected chi connectivity index (χ3v) is 6.05. The van der Waals surface area contributed by atoms with Gasteiger partial charge in [0.25, 0.3) is 0 Å². The Morgan fingerprint density at radius 2 is 1.90 bits per heavy atom. The number of hydrogen-bond donors (Lipinski definition) is 1. The maximum Gasteiger partial charge on any atom is 0.225 e. The van der Waals surface area contributed by atoms with E-state index in [0.717, 1.165) is 24.8 Å². The van der Waals surface area contributed by atoms with Gasteiger partial charge in [-0.3, -0.25) is 4.79 Å². The second kappa shape index (κ2) is 5.41.